The van der Waals surface area contributed by atoms with E-state index in [9.17, 15) is 33.9 Å². The van der Waals surface area contributed by atoms with E-state index >= 15 is 0 Å². The summed E-state index contributed by atoms with van der Waals surface area (Å²) in [4.78, 5) is 76.2. The van der Waals surface area contributed by atoms with E-state index in [1.807, 2.05) is 12.1 Å². The van der Waals surface area contributed by atoms with Crippen LogP contribution in [-0.4, -0.2) is 74.9 Å². The molecule has 212 valence electrons. The summed E-state index contributed by atoms with van der Waals surface area (Å²) in [6.07, 6.45) is 0.649. The van der Waals surface area contributed by atoms with Crippen molar-refractivity contribution in [2.45, 2.75) is 63.7 Å². The minimum absolute atomic E-state index is 0.0653. The monoisotopic (exact) mass is 546 g/mol. The van der Waals surface area contributed by atoms with Crippen molar-refractivity contribution in [3.8, 4) is 0 Å². The Morgan fingerprint density at radius 2 is 1.54 bits per heavy atom. The lowest BCUT2D eigenvalue weighted by Crippen LogP contribution is -2.58. The quantitative estimate of drug-likeness (QED) is 0.136. The number of H-pyrrole nitrogens is 1. The lowest BCUT2D eigenvalue weighted by Gasteiger charge is -2.26. The molecule has 0 aliphatic carbocycles. The van der Waals surface area contributed by atoms with Crippen LogP contribution in [0.1, 0.15) is 38.7 Å². The van der Waals surface area contributed by atoms with Crippen molar-refractivity contribution in [1.82, 2.24) is 20.9 Å². The third kappa shape index (κ3) is 8.81. The largest absolute Gasteiger partial charge is 0.481 e. The van der Waals surface area contributed by atoms with Crippen LogP contribution in [0.5, 0.6) is 0 Å². The molecule has 14 nitrogen and oxygen atoms in total. The molecular weight excluding hydrogens is 512 g/mol. The van der Waals surface area contributed by atoms with E-state index < -0.39 is 78.5 Å². The predicted molar refractivity (Wildman–Crippen MR) is 139 cm³/mol. The van der Waals surface area contributed by atoms with Gasteiger partial charge in [-0.25, -0.2) is 4.79 Å². The number of aliphatic carboxylic acids is 2. The van der Waals surface area contributed by atoms with Gasteiger partial charge in [-0.3, -0.25) is 24.0 Å². The number of carbonyl (C=O) groups is 6. The first-order valence-electron chi connectivity index (χ1n) is 12.3. The number of para-hydroxylation sites is 1. The number of carboxylic acids is 2. The highest BCUT2D eigenvalue weighted by molar-refractivity contribution is 5.97. The number of benzene rings is 1. The molecule has 10 N–H and O–H groups in total. The van der Waals surface area contributed by atoms with Gasteiger partial charge in [0.05, 0.1) is 18.9 Å². The Bertz CT molecular complexity index is 1230. The number of aromatic amines is 1. The molecule has 0 saturated carbocycles. The summed E-state index contributed by atoms with van der Waals surface area (Å²) < 4.78 is 0. The first-order chi connectivity index (χ1) is 18.3. The topological polar surface area (TPSA) is 247 Å². The van der Waals surface area contributed by atoms with E-state index in [0.717, 1.165) is 10.9 Å². The van der Waals surface area contributed by atoms with E-state index in [-0.39, 0.29) is 6.42 Å². The molecule has 5 unspecified atom stereocenters. The maximum atomic E-state index is 13.3. The van der Waals surface area contributed by atoms with Crippen LogP contribution in [-0.2, 0) is 35.2 Å². The Labute approximate surface area is 223 Å². The fourth-order valence-electron chi connectivity index (χ4n) is 3.91. The van der Waals surface area contributed by atoms with Crippen LogP contribution in [0.3, 0.4) is 0 Å². The lowest BCUT2D eigenvalue weighted by atomic mass is 9.98. The van der Waals surface area contributed by atoms with Crippen LogP contribution in [0.15, 0.2) is 30.5 Å². The molecule has 1 aromatic carbocycles. The van der Waals surface area contributed by atoms with Crippen LogP contribution in [0.4, 0.5) is 0 Å². The number of rotatable bonds is 15. The zero-order valence-electron chi connectivity index (χ0n) is 21.6. The molecule has 0 aliphatic rings. The van der Waals surface area contributed by atoms with Crippen molar-refractivity contribution in [3.05, 3.63) is 36.0 Å². The highest BCUT2D eigenvalue weighted by atomic mass is 16.4. The first kappa shape index (κ1) is 30.8. The minimum atomic E-state index is -1.57. The number of fused-ring (bicyclic) bond motifs is 1. The van der Waals surface area contributed by atoms with Gasteiger partial charge in [0.1, 0.15) is 18.1 Å². The summed E-state index contributed by atoms with van der Waals surface area (Å²) in [6, 6.07) is 1.58. The van der Waals surface area contributed by atoms with Crippen molar-refractivity contribution in [1.29, 1.82) is 0 Å². The Hall–Kier alpha value is -4.46. The van der Waals surface area contributed by atoms with E-state index in [0.29, 0.717) is 12.0 Å². The molecule has 0 saturated heterocycles. The number of hydrogen-bond donors (Lipinski definition) is 8. The molecular formula is C25H34N6O8. The zero-order chi connectivity index (χ0) is 29.3. The van der Waals surface area contributed by atoms with Crippen LogP contribution in [0.2, 0.25) is 0 Å². The molecule has 0 spiro atoms. The third-order valence-corrected chi connectivity index (χ3v) is 6.28. The molecule has 2 rings (SSSR count). The van der Waals surface area contributed by atoms with Gasteiger partial charge in [-0.1, -0.05) is 38.5 Å². The van der Waals surface area contributed by atoms with Crippen molar-refractivity contribution < 1.29 is 39.0 Å². The van der Waals surface area contributed by atoms with Crippen molar-refractivity contribution in [2.75, 3.05) is 0 Å². The van der Waals surface area contributed by atoms with Gasteiger partial charge >= 0.3 is 11.9 Å². The first-order valence-corrected chi connectivity index (χ1v) is 12.3. The molecule has 0 bridgehead atoms. The van der Waals surface area contributed by atoms with Gasteiger partial charge < -0.3 is 42.6 Å². The van der Waals surface area contributed by atoms with E-state index in [2.05, 4.69) is 20.9 Å². The van der Waals surface area contributed by atoms with Crippen LogP contribution in [0, 0.1) is 5.92 Å². The second kappa shape index (κ2) is 13.9. The van der Waals surface area contributed by atoms with Gasteiger partial charge in [-0.15, -0.1) is 0 Å². The summed E-state index contributed by atoms with van der Waals surface area (Å²) >= 11 is 0. The predicted octanol–water partition coefficient (Wildman–Crippen LogP) is -1.03. The molecule has 2 aromatic rings. The molecule has 0 fully saturated rings. The minimum Gasteiger partial charge on any atom is -0.481 e. The average molecular weight is 547 g/mol. The fourth-order valence-corrected chi connectivity index (χ4v) is 3.91. The number of hydrogen-bond acceptors (Lipinski definition) is 7. The molecule has 4 amide bonds. The normalized spacial score (nSPS) is 14.8. The molecule has 14 heteroatoms. The van der Waals surface area contributed by atoms with E-state index in [1.54, 1.807) is 32.2 Å². The average Bonchev–Trinajstić information content (AvgIpc) is 3.27. The van der Waals surface area contributed by atoms with Crippen LogP contribution < -0.4 is 27.4 Å². The Kier molecular flexibility index (Phi) is 11.0. The zero-order valence-corrected chi connectivity index (χ0v) is 21.6. The number of nitrogens with one attached hydrogen (secondary N) is 4. The summed E-state index contributed by atoms with van der Waals surface area (Å²) in [5.74, 6) is -6.76. The Balaban J connectivity index is 2.35. The summed E-state index contributed by atoms with van der Waals surface area (Å²) in [5.41, 5.74) is 12.2. The van der Waals surface area contributed by atoms with Crippen molar-refractivity contribution in [3.63, 3.8) is 0 Å². The molecule has 5 atom stereocenters. The molecule has 39 heavy (non-hydrogen) atoms. The molecule has 0 aliphatic heterocycles. The second-order valence-electron chi connectivity index (χ2n) is 9.27. The SMILES string of the molecule is CCC(C)C(NC(=O)C(Cc1c[nH]c2ccccc12)NC(=O)C(CC(N)=O)NC(=O)C(N)CC(=O)O)C(=O)O. The van der Waals surface area contributed by atoms with Crippen molar-refractivity contribution in [2.24, 2.45) is 17.4 Å². The number of nitrogens with two attached hydrogens (primary N) is 2. The Morgan fingerprint density at radius 3 is 2.13 bits per heavy atom. The number of aromatic nitrogens is 1. The fraction of sp³-hybridized carbons (Fsp3) is 0.440. The highest BCUT2D eigenvalue weighted by Crippen LogP contribution is 2.19. The number of carbonyl (C=O) groups excluding carboxylic acids is 4. The third-order valence-electron chi connectivity index (χ3n) is 6.28. The van der Waals surface area contributed by atoms with Crippen LogP contribution in [0.25, 0.3) is 10.9 Å². The van der Waals surface area contributed by atoms with E-state index in [4.69, 9.17) is 16.6 Å². The maximum Gasteiger partial charge on any atom is 0.326 e. The lowest BCUT2D eigenvalue weighted by molar-refractivity contribution is -0.144. The van der Waals surface area contributed by atoms with Gasteiger partial charge in [-0.05, 0) is 17.5 Å². The van der Waals surface area contributed by atoms with Gasteiger partial charge in [-0.2, -0.15) is 0 Å². The van der Waals surface area contributed by atoms with E-state index in [1.165, 1.54) is 0 Å². The Morgan fingerprint density at radius 1 is 0.923 bits per heavy atom. The van der Waals surface area contributed by atoms with Crippen molar-refractivity contribution >= 4 is 46.5 Å². The smallest absolute Gasteiger partial charge is 0.326 e. The van der Waals surface area contributed by atoms with Gasteiger partial charge in [0.15, 0.2) is 0 Å². The molecule has 1 heterocycles. The molecule has 1 aromatic heterocycles. The summed E-state index contributed by atoms with van der Waals surface area (Å²) in [5, 5.41) is 26.4. The van der Waals surface area contributed by atoms with Gasteiger partial charge in [0, 0.05) is 23.5 Å². The number of primary amides is 1. The standard InChI is InChI=1S/C25H34N6O8/c1-3-12(2)21(25(38)39)31-24(37)17(8-13-11-28-16-7-5-4-6-14(13)16)30-23(36)18(10-19(27)32)29-22(35)15(26)9-20(33)34/h4-7,11-12,15,17-18,21,28H,3,8-10,26H2,1-2H3,(H2,27,32)(H,29,35)(H,30,36)(H,31,37)(H,33,34)(H,38,39). The van der Waals surface area contributed by atoms with Crippen LogP contribution >= 0.6 is 0 Å². The van der Waals surface area contributed by atoms with Gasteiger partial charge in [0.2, 0.25) is 23.6 Å². The molecule has 0 radical (unpaired) electrons. The summed E-state index contributed by atoms with van der Waals surface area (Å²) in [7, 11) is 0. The number of carboxylic acid groups (broad SMARTS) is 2. The highest BCUT2D eigenvalue weighted by Gasteiger charge is 2.33. The summed E-state index contributed by atoms with van der Waals surface area (Å²) in [6.45, 7) is 3.43. The number of amides is 4. The maximum absolute atomic E-state index is 13.3. The van der Waals surface area contributed by atoms with Gasteiger partial charge in [0.25, 0.3) is 0 Å². The second-order valence-corrected chi connectivity index (χ2v) is 9.27.